The highest BCUT2D eigenvalue weighted by Crippen LogP contribution is 2.38. The van der Waals surface area contributed by atoms with Crippen molar-refractivity contribution in [2.45, 2.75) is 31.5 Å². The molecule has 2 aromatic rings. The Bertz CT molecular complexity index is 650. The number of hydrogen-bond donors (Lipinski definition) is 1. The quantitative estimate of drug-likeness (QED) is 0.920. The summed E-state index contributed by atoms with van der Waals surface area (Å²) in [5.41, 5.74) is 1.73. The first-order valence-electron chi connectivity index (χ1n) is 8.65. The maximum atomic E-state index is 12.9. The smallest absolute Gasteiger partial charge is 0.326 e. The van der Waals surface area contributed by atoms with Gasteiger partial charge in [-0.2, -0.15) is 0 Å². The summed E-state index contributed by atoms with van der Waals surface area (Å²) >= 11 is 0. The summed E-state index contributed by atoms with van der Waals surface area (Å²) in [7, 11) is 0. The molecule has 2 amide bonds. The van der Waals surface area contributed by atoms with Crippen LogP contribution in [0.5, 0.6) is 0 Å². The molecule has 2 fully saturated rings. The summed E-state index contributed by atoms with van der Waals surface area (Å²) < 4.78 is 5.88. The normalized spacial score (nSPS) is 24.8. The predicted molar refractivity (Wildman–Crippen MR) is 94.4 cm³/mol. The lowest BCUT2D eigenvalue weighted by molar-refractivity contribution is 0.0928. The molecule has 124 valence electrons. The molecule has 3 atom stereocenters. The van der Waals surface area contributed by atoms with Crippen molar-refractivity contribution in [3.05, 3.63) is 60.7 Å². The number of amides is 2. The molecule has 2 aromatic carbocycles. The van der Waals surface area contributed by atoms with Crippen molar-refractivity contribution >= 4 is 17.4 Å². The van der Waals surface area contributed by atoms with E-state index in [1.54, 1.807) is 4.90 Å². The first-order chi connectivity index (χ1) is 11.8. The molecule has 4 rings (SSSR count). The van der Waals surface area contributed by atoms with Crippen molar-refractivity contribution < 1.29 is 9.53 Å². The minimum atomic E-state index is -0.0878. The Morgan fingerprint density at radius 3 is 2.12 bits per heavy atom. The second-order valence-corrected chi connectivity index (χ2v) is 6.56. The Morgan fingerprint density at radius 1 is 1.00 bits per heavy atom. The van der Waals surface area contributed by atoms with Crippen LogP contribution >= 0.6 is 0 Å². The first kappa shape index (κ1) is 15.2. The van der Waals surface area contributed by atoms with E-state index in [-0.39, 0.29) is 6.03 Å². The molecule has 2 aliphatic heterocycles. The van der Waals surface area contributed by atoms with Crippen LogP contribution < -0.4 is 10.2 Å². The number of nitrogens with one attached hydrogen (secondary N) is 1. The Hall–Kier alpha value is -2.33. The highest BCUT2D eigenvalue weighted by molar-refractivity contribution is 5.99. The van der Waals surface area contributed by atoms with E-state index in [2.05, 4.69) is 5.32 Å². The van der Waals surface area contributed by atoms with Crippen molar-refractivity contribution in [3.63, 3.8) is 0 Å². The molecule has 1 N–H and O–H groups in total. The fourth-order valence-corrected chi connectivity index (χ4v) is 3.79. The summed E-state index contributed by atoms with van der Waals surface area (Å²) in [4.78, 5) is 14.6. The minimum absolute atomic E-state index is 0.0878. The highest BCUT2D eigenvalue weighted by Gasteiger charge is 2.40. The second-order valence-electron chi connectivity index (χ2n) is 6.56. The Balaban J connectivity index is 1.49. The van der Waals surface area contributed by atoms with E-state index < -0.39 is 0 Å². The van der Waals surface area contributed by atoms with Crippen LogP contribution in [0.2, 0.25) is 0 Å². The lowest BCUT2D eigenvalue weighted by Gasteiger charge is -2.25. The van der Waals surface area contributed by atoms with Gasteiger partial charge in [0.2, 0.25) is 0 Å². The van der Waals surface area contributed by atoms with Gasteiger partial charge in [-0.05, 0) is 43.5 Å². The standard InChI is InChI=1S/C20H22N2O2/c23-20(21-14-15-13-18-11-12-19(15)24-18)22(16-7-3-1-4-8-16)17-9-5-2-6-10-17/h1-10,15,18-19H,11-14H2,(H,21,23). The van der Waals surface area contributed by atoms with Gasteiger partial charge in [-0.1, -0.05) is 36.4 Å². The van der Waals surface area contributed by atoms with Gasteiger partial charge in [0.15, 0.2) is 0 Å². The SMILES string of the molecule is O=C(NCC1CC2CCC1O2)N(c1ccccc1)c1ccccc1. The lowest BCUT2D eigenvalue weighted by Crippen LogP contribution is -2.41. The summed E-state index contributed by atoms with van der Waals surface area (Å²) in [6.45, 7) is 0.677. The van der Waals surface area contributed by atoms with Crippen LogP contribution in [0.1, 0.15) is 19.3 Å². The molecule has 0 radical (unpaired) electrons. The zero-order chi connectivity index (χ0) is 16.4. The maximum Gasteiger partial charge on any atom is 0.326 e. The van der Waals surface area contributed by atoms with Gasteiger partial charge in [0.1, 0.15) is 0 Å². The van der Waals surface area contributed by atoms with Crippen molar-refractivity contribution in [1.82, 2.24) is 5.32 Å². The van der Waals surface area contributed by atoms with Crippen LogP contribution in [0, 0.1) is 5.92 Å². The van der Waals surface area contributed by atoms with Crippen molar-refractivity contribution in [3.8, 4) is 0 Å². The van der Waals surface area contributed by atoms with Gasteiger partial charge in [-0.3, -0.25) is 4.90 Å². The number of hydrogen-bond acceptors (Lipinski definition) is 2. The highest BCUT2D eigenvalue weighted by atomic mass is 16.5. The number of fused-ring (bicyclic) bond motifs is 2. The summed E-state index contributed by atoms with van der Waals surface area (Å²) in [6.07, 6.45) is 4.12. The van der Waals surface area contributed by atoms with Gasteiger partial charge in [0.25, 0.3) is 0 Å². The molecule has 24 heavy (non-hydrogen) atoms. The van der Waals surface area contributed by atoms with Gasteiger partial charge in [-0.15, -0.1) is 0 Å². The van der Waals surface area contributed by atoms with Gasteiger partial charge >= 0.3 is 6.03 Å². The zero-order valence-corrected chi connectivity index (χ0v) is 13.6. The number of rotatable bonds is 4. The van der Waals surface area contributed by atoms with E-state index in [4.69, 9.17) is 4.74 Å². The average Bonchev–Trinajstić information content (AvgIpc) is 3.25. The predicted octanol–water partition coefficient (Wildman–Crippen LogP) is 4.10. The maximum absolute atomic E-state index is 12.9. The third kappa shape index (κ3) is 3.02. The zero-order valence-electron chi connectivity index (χ0n) is 13.6. The van der Waals surface area contributed by atoms with E-state index in [0.29, 0.717) is 24.7 Å². The molecule has 0 aromatic heterocycles. The minimum Gasteiger partial charge on any atom is -0.375 e. The first-order valence-corrected chi connectivity index (χ1v) is 8.65. The third-order valence-corrected chi connectivity index (χ3v) is 4.98. The average molecular weight is 322 g/mol. The van der Waals surface area contributed by atoms with E-state index in [9.17, 15) is 4.79 Å². The van der Waals surface area contributed by atoms with Crippen LogP contribution in [0.4, 0.5) is 16.2 Å². The van der Waals surface area contributed by atoms with Crippen LogP contribution in [0.3, 0.4) is 0 Å². The van der Waals surface area contributed by atoms with Crippen LogP contribution in [0.15, 0.2) is 60.7 Å². The van der Waals surface area contributed by atoms with Gasteiger partial charge in [0.05, 0.1) is 23.6 Å². The Morgan fingerprint density at radius 2 is 1.62 bits per heavy atom. The van der Waals surface area contributed by atoms with Crippen LogP contribution in [0.25, 0.3) is 0 Å². The van der Waals surface area contributed by atoms with Gasteiger partial charge < -0.3 is 10.1 Å². The van der Waals surface area contributed by atoms with E-state index >= 15 is 0 Å². The Labute approximate surface area is 142 Å². The molecular formula is C20H22N2O2. The molecule has 3 unspecified atom stereocenters. The lowest BCUT2D eigenvalue weighted by atomic mass is 9.89. The van der Waals surface area contributed by atoms with Crippen molar-refractivity contribution in [2.75, 3.05) is 11.4 Å². The summed E-state index contributed by atoms with van der Waals surface area (Å²) in [6, 6.07) is 19.4. The number of ether oxygens (including phenoxy) is 1. The summed E-state index contributed by atoms with van der Waals surface area (Å²) in [5.74, 6) is 0.445. The number of nitrogens with zero attached hydrogens (tertiary/aromatic N) is 1. The number of anilines is 2. The number of urea groups is 1. The summed E-state index contributed by atoms with van der Waals surface area (Å²) in [5, 5.41) is 3.11. The fourth-order valence-electron chi connectivity index (χ4n) is 3.79. The number of carbonyl (C=O) groups excluding carboxylic acids is 1. The molecule has 2 bridgehead atoms. The molecule has 0 spiro atoms. The van der Waals surface area contributed by atoms with Crippen LogP contribution in [-0.4, -0.2) is 24.8 Å². The van der Waals surface area contributed by atoms with Crippen molar-refractivity contribution in [1.29, 1.82) is 0 Å². The Kier molecular flexibility index (Phi) is 4.22. The molecule has 4 nitrogen and oxygen atoms in total. The molecule has 2 saturated heterocycles. The van der Waals surface area contributed by atoms with Crippen LogP contribution in [-0.2, 0) is 4.74 Å². The molecule has 4 heteroatoms. The second kappa shape index (κ2) is 6.65. The van der Waals surface area contributed by atoms with E-state index in [1.165, 1.54) is 6.42 Å². The topological polar surface area (TPSA) is 41.6 Å². The largest absolute Gasteiger partial charge is 0.375 e. The molecule has 2 heterocycles. The molecule has 0 aliphatic carbocycles. The van der Waals surface area contributed by atoms with E-state index in [1.807, 2.05) is 60.7 Å². The number of para-hydroxylation sites is 2. The van der Waals surface area contributed by atoms with Crippen molar-refractivity contribution in [2.24, 2.45) is 5.92 Å². The molecule has 2 aliphatic rings. The van der Waals surface area contributed by atoms with E-state index in [0.717, 1.165) is 24.2 Å². The molecular weight excluding hydrogens is 300 g/mol. The fraction of sp³-hybridized carbons (Fsp3) is 0.350. The number of carbonyl (C=O) groups is 1. The molecule has 0 saturated carbocycles. The number of benzene rings is 2. The van der Waals surface area contributed by atoms with Gasteiger partial charge in [-0.25, -0.2) is 4.79 Å². The van der Waals surface area contributed by atoms with Gasteiger partial charge in [0, 0.05) is 12.5 Å². The third-order valence-electron chi connectivity index (χ3n) is 4.98. The monoisotopic (exact) mass is 322 g/mol.